The Balaban J connectivity index is 0.00000225. The molecule has 0 heterocycles. The average Bonchev–Trinajstić information content (AvgIpc) is 2.06. The fraction of sp³-hybridized carbons (Fsp3) is 0. The summed E-state index contributed by atoms with van der Waals surface area (Å²) in [6.07, 6.45) is 0. The molecule has 1 aromatic rings. The molecule has 0 spiro atoms. The third-order valence-corrected chi connectivity index (χ3v) is 3.93. The Morgan fingerprint density at radius 2 is 1.50 bits per heavy atom. The summed E-state index contributed by atoms with van der Waals surface area (Å²) in [7, 11) is -10.5. The van der Waals surface area contributed by atoms with Crippen LogP contribution in [0.15, 0.2) is 24.3 Å². The Labute approximate surface area is 113 Å². The quantitative estimate of drug-likeness (QED) is 0.463. The van der Waals surface area contributed by atoms with Gasteiger partial charge in [0, 0.05) is 0 Å². The minimum atomic E-state index is -5.35. The van der Waals surface area contributed by atoms with E-state index in [-0.39, 0.29) is 29.6 Å². The molecular weight excluding hydrogens is 274 g/mol. The molecule has 0 amide bonds. The molecule has 10 heteroatoms. The molecule has 0 unspecified atom stereocenters. The topological polar surface area (TPSA) is 97.7 Å². The van der Waals surface area contributed by atoms with Crippen molar-refractivity contribution in [2.75, 3.05) is 0 Å². The van der Waals surface area contributed by atoms with Crippen LogP contribution in [-0.4, -0.2) is 50.9 Å². The van der Waals surface area contributed by atoms with Crippen molar-refractivity contribution in [2.24, 2.45) is 0 Å². The van der Waals surface area contributed by atoms with Gasteiger partial charge in [-0.1, -0.05) is 0 Å². The molecule has 0 aromatic heterocycles. The Kier molecular flexibility index (Phi) is 5.36. The summed E-state index contributed by atoms with van der Waals surface area (Å²) in [5, 5.41) is 0. The van der Waals surface area contributed by atoms with Gasteiger partial charge in [-0.2, -0.15) is 16.8 Å². The number of halogens is 1. The molecule has 1 aromatic carbocycles. The number of hydrogen-bond donors (Lipinski definition) is 1. The summed E-state index contributed by atoms with van der Waals surface area (Å²) in [4.78, 5) is 0. The molecular formula is C6H6FNaO6S2. The van der Waals surface area contributed by atoms with Gasteiger partial charge < -0.3 is 4.18 Å². The first kappa shape index (κ1) is 15.8. The Morgan fingerprint density at radius 3 is 1.88 bits per heavy atom. The zero-order valence-corrected chi connectivity index (χ0v) is 8.63. The first-order chi connectivity index (χ1) is 6.72. The first-order valence-corrected chi connectivity index (χ1v) is 6.76. The van der Waals surface area contributed by atoms with Gasteiger partial charge in [-0.15, -0.1) is 0 Å². The predicted octanol–water partition coefficient (Wildman–Crippen LogP) is -0.311. The molecule has 0 bridgehead atoms. The van der Waals surface area contributed by atoms with Crippen molar-refractivity contribution in [2.45, 2.75) is 0 Å². The average molecular weight is 280 g/mol. The fourth-order valence-electron chi connectivity index (χ4n) is 0.651. The van der Waals surface area contributed by atoms with E-state index in [0.717, 1.165) is 24.3 Å². The Hall–Kier alpha value is -0.190. The van der Waals surface area contributed by atoms with Gasteiger partial charge in [0.15, 0.2) is 0 Å². The van der Waals surface area contributed by atoms with Crippen LogP contribution in [-0.2, 0) is 18.3 Å². The predicted molar refractivity (Wildman–Crippen MR) is 54.6 cm³/mol. The van der Waals surface area contributed by atoms with Crippen molar-refractivity contribution in [1.29, 1.82) is 0 Å². The summed E-state index contributed by atoms with van der Waals surface area (Å²) in [6.45, 7) is 0. The molecule has 6 nitrogen and oxygen atoms in total. The second kappa shape index (κ2) is 5.43. The van der Waals surface area contributed by atoms with E-state index in [1.54, 1.807) is 0 Å². The van der Waals surface area contributed by atoms with Crippen molar-refractivity contribution in [3.8, 4) is 5.75 Å². The summed E-state index contributed by atoms with van der Waals surface area (Å²) in [5.74, 6) is -1.07. The molecule has 1 rings (SSSR count). The van der Waals surface area contributed by atoms with E-state index < -0.39 is 29.9 Å². The van der Waals surface area contributed by atoms with E-state index in [1.807, 2.05) is 0 Å². The van der Waals surface area contributed by atoms with Gasteiger partial charge in [0.05, 0.1) is 0 Å². The molecule has 1 N–H and O–H groups in total. The van der Waals surface area contributed by atoms with Gasteiger partial charge >= 0.3 is 47.9 Å². The Morgan fingerprint density at radius 1 is 1.06 bits per heavy atom. The molecule has 0 aliphatic heterocycles. The molecule has 16 heavy (non-hydrogen) atoms. The van der Waals surface area contributed by atoms with Crippen molar-refractivity contribution >= 4 is 47.9 Å². The summed E-state index contributed by atoms with van der Waals surface area (Å²) in [6, 6.07) is 3.54. The van der Waals surface area contributed by atoms with E-state index in [4.69, 9.17) is 4.55 Å². The zero-order chi connectivity index (χ0) is 11.7. The molecule has 86 valence electrons. The maximum atomic E-state index is 12.4. The van der Waals surface area contributed by atoms with Crippen molar-refractivity contribution < 1.29 is 30.0 Å². The third-order valence-electron chi connectivity index (χ3n) is 1.27. The van der Waals surface area contributed by atoms with Gasteiger partial charge in [-0.05, 0) is 24.3 Å². The van der Waals surface area contributed by atoms with E-state index in [9.17, 15) is 21.2 Å². The third kappa shape index (κ3) is 4.00. The minimum absolute atomic E-state index is 0. The number of hydrogen-bond acceptors (Lipinski definition) is 5. The maximum absolute atomic E-state index is 12.4. The standard InChI is InChI=1S/C6H5FO6S2.Na.H/c7-5-1-3-6(4-2-5)13-15(11,12)14(8,9)10;;/h1-4H,(H,8,9,10);;. The number of rotatable bonds is 3. The molecule has 0 saturated heterocycles. The molecule has 0 aliphatic carbocycles. The first-order valence-electron chi connectivity index (χ1n) is 3.40. The fourth-order valence-corrected chi connectivity index (χ4v) is 1.58. The summed E-state index contributed by atoms with van der Waals surface area (Å²) in [5.41, 5.74) is 0. The van der Waals surface area contributed by atoms with Crippen LogP contribution in [0.1, 0.15) is 0 Å². The van der Waals surface area contributed by atoms with E-state index in [2.05, 4.69) is 4.18 Å². The van der Waals surface area contributed by atoms with Crippen molar-refractivity contribution in [3.63, 3.8) is 0 Å². The molecule has 0 saturated carbocycles. The van der Waals surface area contributed by atoms with Crippen LogP contribution in [0.25, 0.3) is 0 Å². The summed E-state index contributed by atoms with van der Waals surface area (Å²) >= 11 is 0. The van der Waals surface area contributed by atoms with Crippen LogP contribution in [0.4, 0.5) is 4.39 Å². The second-order valence-electron chi connectivity index (χ2n) is 2.37. The van der Waals surface area contributed by atoms with Gasteiger partial charge in [0.25, 0.3) is 0 Å². The van der Waals surface area contributed by atoms with Gasteiger partial charge in [0.1, 0.15) is 11.6 Å². The van der Waals surface area contributed by atoms with Crippen LogP contribution in [0.2, 0.25) is 0 Å². The van der Waals surface area contributed by atoms with Gasteiger partial charge in [0.2, 0.25) is 0 Å². The van der Waals surface area contributed by atoms with Crippen molar-refractivity contribution in [1.82, 2.24) is 0 Å². The van der Waals surface area contributed by atoms with E-state index >= 15 is 0 Å². The van der Waals surface area contributed by atoms with Crippen LogP contribution >= 0.6 is 0 Å². The van der Waals surface area contributed by atoms with E-state index in [1.165, 1.54) is 0 Å². The monoisotopic (exact) mass is 280 g/mol. The molecule has 0 radical (unpaired) electrons. The van der Waals surface area contributed by atoms with Crippen LogP contribution in [0.3, 0.4) is 0 Å². The van der Waals surface area contributed by atoms with Gasteiger partial charge in [-0.3, -0.25) is 4.55 Å². The SMILES string of the molecule is O=S(=O)(O)S(=O)(=O)Oc1ccc(F)cc1.[NaH]. The van der Waals surface area contributed by atoms with Crippen LogP contribution in [0.5, 0.6) is 5.75 Å². The second-order valence-corrected chi connectivity index (χ2v) is 6.70. The molecule has 0 atom stereocenters. The molecule has 0 aliphatic rings. The van der Waals surface area contributed by atoms with Crippen LogP contribution < -0.4 is 4.18 Å². The van der Waals surface area contributed by atoms with Crippen molar-refractivity contribution in [3.05, 3.63) is 30.1 Å². The van der Waals surface area contributed by atoms with Gasteiger partial charge in [-0.25, -0.2) is 4.39 Å². The molecule has 0 fully saturated rings. The Bertz CT molecular complexity index is 549. The summed E-state index contributed by atoms with van der Waals surface area (Å²) < 4.78 is 66.7. The van der Waals surface area contributed by atoms with E-state index in [0.29, 0.717) is 0 Å². The normalized spacial score (nSPS) is 11.6. The number of benzene rings is 1. The zero-order valence-electron chi connectivity index (χ0n) is 6.99. The van der Waals surface area contributed by atoms with Crippen LogP contribution in [0, 0.1) is 5.82 Å².